The number of nitrogen functional groups attached to an aromatic ring is 1. The van der Waals surface area contributed by atoms with E-state index >= 15 is 0 Å². The van der Waals surface area contributed by atoms with Crippen LogP contribution in [0.2, 0.25) is 0 Å². The quantitative estimate of drug-likeness (QED) is 0.623. The average Bonchev–Trinajstić information content (AvgIpc) is 2.75. The van der Waals surface area contributed by atoms with Crippen LogP contribution in [0.1, 0.15) is 17.7 Å². The molecule has 0 aliphatic heterocycles. The zero-order valence-corrected chi connectivity index (χ0v) is 9.80. The molecule has 2 aromatic rings. The Labute approximate surface area is 104 Å². The highest BCUT2D eigenvalue weighted by Crippen LogP contribution is 2.19. The molecular weight excluding hydrogens is 232 g/mol. The number of aromatic amines is 1. The van der Waals surface area contributed by atoms with Crippen LogP contribution >= 0.6 is 0 Å². The van der Waals surface area contributed by atoms with E-state index < -0.39 is 0 Å². The summed E-state index contributed by atoms with van der Waals surface area (Å²) in [7, 11) is 0. The predicted octanol–water partition coefficient (Wildman–Crippen LogP) is 2.08. The van der Waals surface area contributed by atoms with Crippen molar-refractivity contribution in [3.63, 3.8) is 0 Å². The minimum absolute atomic E-state index is 0.180. The average molecular weight is 246 g/mol. The summed E-state index contributed by atoms with van der Waals surface area (Å²) < 4.78 is 0. The Bertz CT molecular complexity index is 551. The van der Waals surface area contributed by atoms with Gasteiger partial charge in [0.1, 0.15) is 5.82 Å². The van der Waals surface area contributed by atoms with Crippen LogP contribution in [0, 0.1) is 10.1 Å². The third-order valence-electron chi connectivity index (χ3n) is 2.72. The van der Waals surface area contributed by atoms with E-state index in [1.807, 2.05) is 6.07 Å². The van der Waals surface area contributed by atoms with Crippen LogP contribution in [0.25, 0.3) is 0 Å². The van der Waals surface area contributed by atoms with Gasteiger partial charge in [0.2, 0.25) is 0 Å². The topological polar surface area (TPSA) is 97.8 Å². The van der Waals surface area contributed by atoms with E-state index in [0.29, 0.717) is 12.2 Å². The summed E-state index contributed by atoms with van der Waals surface area (Å²) in [6.07, 6.45) is 2.21. The molecule has 0 aliphatic rings. The second-order valence-electron chi connectivity index (χ2n) is 4.05. The minimum Gasteiger partial charge on any atom is -0.384 e. The molecular formula is C12H14N4O2. The standard InChI is InChI=1S/C12H14N4O2/c13-12-8-10(14-15-12)6-3-5-9-4-1-2-7-11(9)16(17)18/h1-2,4,7-8H,3,5-6H2,(H3,13,14,15). The number of hydrogen-bond acceptors (Lipinski definition) is 4. The van der Waals surface area contributed by atoms with Crippen molar-refractivity contribution in [2.45, 2.75) is 19.3 Å². The van der Waals surface area contributed by atoms with Crippen LogP contribution in [-0.4, -0.2) is 15.1 Å². The molecule has 2 rings (SSSR count). The van der Waals surface area contributed by atoms with E-state index in [-0.39, 0.29) is 10.6 Å². The molecule has 6 heteroatoms. The molecule has 0 aliphatic carbocycles. The number of para-hydroxylation sites is 1. The Balaban J connectivity index is 1.96. The Morgan fingerprint density at radius 1 is 1.33 bits per heavy atom. The number of nitrogens with two attached hydrogens (primary N) is 1. The van der Waals surface area contributed by atoms with Crippen LogP contribution < -0.4 is 5.73 Å². The lowest BCUT2D eigenvalue weighted by atomic mass is 10.1. The third-order valence-corrected chi connectivity index (χ3v) is 2.72. The first-order valence-corrected chi connectivity index (χ1v) is 5.69. The normalized spacial score (nSPS) is 10.4. The summed E-state index contributed by atoms with van der Waals surface area (Å²) in [6.45, 7) is 0. The number of nitrogens with one attached hydrogen (secondary N) is 1. The van der Waals surface area contributed by atoms with Crippen molar-refractivity contribution < 1.29 is 4.92 Å². The Hall–Kier alpha value is -2.37. The van der Waals surface area contributed by atoms with Gasteiger partial charge in [-0.15, -0.1) is 0 Å². The molecule has 0 bridgehead atoms. The van der Waals surface area contributed by atoms with Crippen LogP contribution in [0.5, 0.6) is 0 Å². The summed E-state index contributed by atoms with van der Waals surface area (Å²) in [5.74, 6) is 0.538. The second kappa shape index (κ2) is 5.31. The minimum atomic E-state index is -0.345. The van der Waals surface area contributed by atoms with Gasteiger partial charge < -0.3 is 5.73 Å². The molecule has 18 heavy (non-hydrogen) atoms. The van der Waals surface area contributed by atoms with Crippen LogP contribution in [-0.2, 0) is 12.8 Å². The monoisotopic (exact) mass is 246 g/mol. The van der Waals surface area contributed by atoms with Gasteiger partial charge in [0.15, 0.2) is 0 Å². The fourth-order valence-electron chi connectivity index (χ4n) is 1.87. The van der Waals surface area contributed by atoms with Crippen molar-refractivity contribution in [3.8, 4) is 0 Å². The van der Waals surface area contributed by atoms with Crippen molar-refractivity contribution in [1.29, 1.82) is 0 Å². The second-order valence-corrected chi connectivity index (χ2v) is 4.05. The number of aryl methyl sites for hydroxylation is 2. The van der Waals surface area contributed by atoms with Gasteiger partial charge >= 0.3 is 0 Å². The fourth-order valence-corrected chi connectivity index (χ4v) is 1.87. The lowest BCUT2D eigenvalue weighted by Crippen LogP contribution is -1.96. The highest BCUT2D eigenvalue weighted by molar-refractivity contribution is 5.39. The SMILES string of the molecule is Nc1cc(CCCc2ccccc2[N+](=O)[O-])n[nH]1. The highest BCUT2D eigenvalue weighted by atomic mass is 16.6. The molecule has 94 valence electrons. The number of nitrogens with zero attached hydrogens (tertiary/aromatic N) is 2. The van der Waals surface area contributed by atoms with Crippen molar-refractivity contribution in [2.24, 2.45) is 0 Å². The van der Waals surface area contributed by atoms with Crippen LogP contribution in [0.3, 0.4) is 0 Å². The molecule has 0 atom stereocenters. The fraction of sp³-hybridized carbons (Fsp3) is 0.250. The van der Waals surface area contributed by atoms with E-state index in [1.54, 1.807) is 18.2 Å². The number of nitro benzene ring substituents is 1. The molecule has 6 nitrogen and oxygen atoms in total. The number of benzene rings is 1. The van der Waals surface area contributed by atoms with E-state index in [2.05, 4.69) is 10.2 Å². The largest absolute Gasteiger partial charge is 0.384 e. The molecule has 0 saturated carbocycles. The summed E-state index contributed by atoms with van der Waals surface area (Å²) in [4.78, 5) is 10.5. The molecule has 0 fully saturated rings. The van der Waals surface area contributed by atoms with E-state index in [4.69, 9.17) is 5.73 Å². The molecule has 3 N–H and O–H groups in total. The summed E-state index contributed by atoms with van der Waals surface area (Å²) >= 11 is 0. The van der Waals surface area contributed by atoms with Crippen molar-refractivity contribution >= 4 is 11.5 Å². The van der Waals surface area contributed by atoms with Gasteiger partial charge in [0, 0.05) is 17.7 Å². The molecule has 1 heterocycles. The number of anilines is 1. The van der Waals surface area contributed by atoms with E-state index in [9.17, 15) is 10.1 Å². The lowest BCUT2D eigenvalue weighted by Gasteiger charge is -2.01. The van der Waals surface area contributed by atoms with Gasteiger partial charge in [-0.1, -0.05) is 18.2 Å². The molecule has 0 saturated heterocycles. The lowest BCUT2D eigenvalue weighted by molar-refractivity contribution is -0.385. The summed E-state index contributed by atoms with van der Waals surface area (Å²) in [5, 5.41) is 17.5. The van der Waals surface area contributed by atoms with Crippen molar-refractivity contribution in [2.75, 3.05) is 5.73 Å². The third kappa shape index (κ3) is 2.85. The Morgan fingerprint density at radius 3 is 2.78 bits per heavy atom. The van der Waals surface area contributed by atoms with Crippen LogP contribution in [0.15, 0.2) is 30.3 Å². The van der Waals surface area contributed by atoms with Gasteiger partial charge in [-0.05, 0) is 19.3 Å². The number of nitro groups is 1. The molecule has 1 aromatic heterocycles. The zero-order chi connectivity index (χ0) is 13.0. The Kier molecular flexibility index (Phi) is 3.57. The van der Waals surface area contributed by atoms with Crippen molar-refractivity contribution in [1.82, 2.24) is 10.2 Å². The summed E-state index contributed by atoms with van der Waals surface area (Å²) in [6, 6.07) is 8.59. The number of aromatic nitrogens is 2. The van der Waals surface area contributed by atoms with Gasteiger partial charge in [-0.25, -0.2) is 0 Å². The maximum absolute atomic E-state index is 10.8. The maximum Gasteiger partial charge on any atom is 0.272 e. The molecule has 0 spiro atoms. The molecule has 1 aromatic carbocycles. The number of hydrogen-bond donors (Lipinski definition) is 2. The highest BCUT2D eigenvalue weighted by Gasteiger charge is 2.11. The first-order valence-electron chi connectivity index (χ1n) is 5.69. The van der Waals surface area contributed by atoms with Gasteiger partial charge in [0.25, 0.3) is 5.69 Å². The van der Waals surface area contributed by atoms with Crippen molar-refractivity contribution in [3.05, 3.63) is 51.7 Å². The maximum atomic E-state index is 10.8. The van der Waals surface area contributed by atoms with E-state index in [1.165, 1.54) is 6.07 Å². The molecule has 0 unspecified atom stereocenters. The smallest absolute Gasteiger partial charge is 0.272 e. The Morgan fingerprint density at radius 2 is 2.11 bits per heavy atom. The first kappa shape index (κ1) is 12.1. The van der Waals surface area contributed by atoms with Gasteiger partial charge in [-0.2, -0.15) is 5.10 Å². The zero-order valence-electron chi connectivity index (χ0n) is 9.80. The number of rotatable bonds is 5. The first-order chi connectivity index (χ1) is 8.66. The summed E-state index contributed by atoms with van der Waals surface area (Å²) in [5.41, 5.74) is 7.33. The van der Waals surface area contributed by atoms with Gasteiger partial charge in [0.05, 0.1) is 10.6 Å². The van der Waals surface area contributed by atoms with Crippen LogP contribution in [0.4, 0.5) is 11.5 Å². The van der Waals surface area contributed by atoms with Gasteiger partial charge in [-0.3, -0.25) is 15.2 Å². The predicted molar refractivity (Wildman–Crippen MR) is 68.1 cm³/mol. The molecule has 0 amide bonds. The molecule has 0 radical (unpaired) electrons. The number of H-pyrrole nitrogens is 1. The van der Waals surface area contributed by atoms with E-state index in [0.717, 1.165) is 24.1 Å².